The molecule has 4 aliphatic rings. The van der Waals surface area contributed by atoms with Gasteiger partial charge in [-0.05, 0) is 122 Å². The average molecular weight is 893 g/mol. The van der Waals surface area contributed by atoms with Crippen LogP contribution in [0.2, 0.25) is 0 Å². The van der Waals surface area contributed by atoms with Gasteiger partial charge >= 0.3 is 0 Å². The van der Waals surface area contributed by atoms with Crippen LogP contribution in [0.4, 0.5) is 28.4 Å². The molecule has 4 nitrogen and oxygen atoms in total. The highest BCUT2D eigenvalue weighted by molar-refractivity contribution is 5.91. The summed E-state index contributed by atoms with van der Waals surface area (Å²) in [5.41, 5.74) is 21.2. The van der Waals surface area contributed by atoms with E-state index in [-0.39, 0.29) is 12.0 Å². The smallest absolute Gasteiger partial charge is 0.189 e. The molecule has 2 unspecified atom stereocenters. The Hall–Kier alpha value is -9.48. The van der Waals surface area contributed by atoms with Gasteiger partial charge in [0.05, 0.1) is 35.6 Å². The summed E-state index contributed by atoms with van der Waals surface area (Å²) >= 11 is 0. The Bertz CT molecular complexity index is 3670. The van der Waals surface area contributed by atoms with E-state index < -0.39 is 0 Å². The maximum Gasteiger partial charge on any atom is 0.189 e. The number of benzene rings is 8. The molecule has 0 aliphatic heterocycles. The first-order valence-corrected chi connectivity index (χ1v) is 23.7. The fourth-order valence-electron chi connectivity index (χ4n) is 10.6. The van der Waals surface area contributed by atoms with Crippen LogP contribution in [0.5, 0.6) is 0 Å². The van der Waals surface area contributed by atoms with E-state index in [0.717, 1.165) is 73.0 Å². The molecule has 0 N–H and O–H groups in total. The summed E-state index contributed by atoms with van der Waals surface area (Å²) in [7, 11) is 0. The number of rotatable bonds is 10. The molecule has 0 saturated carbocycles. The number of hydrogen-bond donors (Lipinski definition) is 0. The second-order valence-electron chi connectivity index (χ2n) is 17.8. The van der Waals surface area contributed by atoms with E-state index >= 15 is 0 Å². The summed E-state index contributed by atoms with van der Waals surface area (Å²) in [6.07, 6.45) is 18.4. The molecule has 0 bridgehead atoms. The Morgan fingerprint density at radius 2 is 1.09 bits per heavy atom. The van der Waals surface area contributed by atoms with Crippen LogP contribution in [0.1, 0.15) is 5.56 Å². The zero-order valence-corrected chi connectivity index (χ0v) is 38.2. The lowest BCUT2D eigenvalue weighted by molar-refractivity contribution is 0.773. The average Bonchev–Trinajstić information content (AvgIpc) is 3.44. The van der Waals surface area contributed by atoms with Crippen molar-refractivity contribution in [1.82, 2.24) is 0 Å². The molecular weight excluding hydrogens is 849 g/mol. The van der Waals surface area contributed by atoms with Gasteiger partial charge in [0.2, 0.25) is 0 Å². The molecule has 328 valence electrons. The maximum absolute atomic E-state index is 10.3. The zero-order valence-electron chi connectivity index (χ0n) is 38.2. The lowest BCUT2D eigenvalue weighted by Gasteiger charge is -2.44. The highest BCUT2D eigenvalue weighted by Gasteiger charge is 2.40. The lowest BCUT2D eigenvalue weighted by atomic mass is 9.67. The van der Waals surface area contributed by atoms with Crippen molar-refractivity contribution in [2.75, 3.05) is 9.80 Å². The fourth-order valence-corrected chi connectivity index (χ4v) is 10.6. The molecule has 0 amide bonds. The van der Waals surface area contributed by atoms with Gasteiger partial charge in [0.15, 0.2) is 5.69 Å². The van der Waals surface area contributed by atoms with Crippen LogP contribution in [-0.2, 0) is 0 Å². The molecule has 0 heterocycles. The van der Waals surface area contributed by atoms with Gasteiger partial charge in [0.25, 0.3) is 0 Å². The lowest BCUT2D eigenvalue weighted by Crippen LogP contribution is -2.37. The molecule has 0 aromatic heterocycles. The van der Waals surface area contributed by atoms with E-state index in [1.54, 1.807) is 0 Å². The van der Waals surface area contributed by atoms with Crippen LogP contribution in [-0.4, -0.2) is 6.04 Å². The molecule has 0 fully saturated rings. The molecule has 8 aromatic rings. The minimum absolute atomic E-state index is 0.0656. The summed E-state index contributed by atoms with van der Waals surface area (Å²) in [5, 5.41) is 10.3. The van der Waals surface area contributed by atoms with Gasteiger partial charge in [0.1, 0.15) is 0 Å². The highest BCUT2D eigenvalue weighted by atomic mass is 15.2. The number of nitrogens with zero attached hydrogens (tertiary/aromatic N) is 4. The predicted molar refractivity (Wildman–Crippen MR) is 288 cm³/mol. The standard InChI is InChI=1S/C66H44N4/c1-68-54-25-15-27-56(43-54)70(64-39-33-53(47-19-8-3-9-20-47)42-60(64)49-23-12-5-13-24-49)62-37-31-51-28-34-57-61(36-30-50-29-35-58(62)66(51)65(50)57)69(55-26-14-16-45(40-55)44-67)63-38-32-52(46-17-6-2-7-18-46)41-59(63)48-21-10-4-11-22-48/h2-43,61,66H. The van der Waals surface area contributed by atoms with Crippen molar-refractivity contribution >= 4 is 28.4 Å². The zero-order chi connectivity index (χ0) is 47.0. The van der Waals surface area contributed by atoms with Crippen molar-refractivity contribution in [2.24, 2.45) is 5.92 Å². The van der Waals surface area contributed by atoms with Crippen LogP contribution in [0, 0.1) is 23.8 Å². The van der Waals surface area contributed by atoms with Gasteiger partial charge in [-0.1, -0.05) is 194 Å². The van der Waals surface area contributed by atoms with Gasteiger partial charge in [-0.25, -0.2) is 4.85 Å². The monoisotopic (exact) mass is 892 g/mol. The minimum Gasteiger partial charge on any atom is -0.330 e. The van der Waals surface area contributed by atoms with E-state index in [1.807, 2.05) is 36.4 Å². The molecule has 8 aromatic carbocycles. The molecule has 70 heavy (non-hydrogen) atoms. The third kappa shape index (κ3) is 7.51. The quantitative estimate of drug-likeness (QED) is 0.128. The SMILES string of the molecule is [C-]#[N+]c1cccc(N(C2=C3C=CC4=C5C(=CC=C(C=C2)C35)C(N(c2cccc(C#N)c2)c2ccc(-c3ccccc3)cc2-c2ccccc2)C=C4)c2ccc(-c3ccccc3)cc2-c2ccccc2)c1. The number of nitriles is 1. The molecule has 0 spiro atoms. The van der Waals surface area contributed by atoms with E-state index in [9.17, 15) is 5.26 Å². The first-order valence-electron chi connectivity index (χ1n) is 23.7. The third-order valence-corrected chi connectivity index (χ3v) is 13.8. The van der Waals surface area contributed by atoms with Crippen LogP contribution in [0.15, 0.2) is 288 Å². The second kappa shape index (κ2) is 18.0. The van der Waals surface area contributed by atoms with Gasteiger partial charge in [0, 0.05) is 34.1 Å². The Morgan fingerprint density at radius 3 is 1.73 bits per heavy atom. The summed E-state index contributed by atoms with van der Waals surface area (Å²) in [5.74, 6) is -0.0656. The van der Waals surface area contributed by atoms with Gasteiger partial charge in [-0.15, -0.1) is 0 Å². The molecule has 12 rings (SSSR count). The predicted octanol–water partition coefficient (Wildman–Crippen LogP) is 16.9. The Morgan fingerprint density at radius 1 is 0.486 bits per heavy atom. The molecule has 2 atom stereocenters. The van der Waals surface area contributed by atoms with E-state index in [0.29, 0.717) is 11.3 Å². The van der Waals surface area contributed by atoms with Crippen molar-refractivity contribution in [3.63, 3.8) is 0 Å². The molecule has 4 aliphatic carbocycles. The number of allylic oxidation sites excluding steroid dienone is 10. The number of anilines is 4. The van der Waals surface area contributed by atoms with Crippen molar-refractivity contribution in [2.45, 2.75) is 6.04 Å². The first kappa shape index (κ1) is 41.9. The largest absolute Gasteiger partial charge is 0.330 e. The minimum atomic E-state index is -0.223. The van der Waals surface area contributed by atoms with E-state index in [1.165, 1.54) is 27.9 Å². The van der Waals surface area contributed by atoms with Crippen molar-refractivity contribution in [1.29, 1.82) is 5.26 Å². The summed E-state index contributed by atoms with van der Waals surface area (Å²) in [6, 6.07) is 74.0. The van der Waals surface area contributed by atoms with Gasteiger partial charge in [-0.2, -0.15) is 5.26 Å². The molecule has 0 saturated heterocycles. The summed E-state index contributed by atoms with van der Waals surface area (Å²) < 4.78 is 0. The Labute approximate surface area is 409 Å². The molecule has 0 radical (unpaired) electrons. The van der Waals surface area contributed by atoms with Crippen molar-refractivity contribution in [3.8, 4) is 50.6 Å². The summed E-state index contributed by atoms with van der Waals surface area (Å²) in [6.45, 7) is 8.07. The molecular formula is C66H44N4. The maximum atomic E-state index is 10.3. The third-order valence-electron chi connectivity index (χ3n) is 13.8. The van der Waals surface area contributed by atoms with Crippen molar-refractivity contribution in [3.05, 3.63) is 305 Å². The van der Waals surface area contributed by atoms with Crippen LogP contribution >= 0.6 is 0 Å². The van der Waals surface area contributed by atoms with E-state index in [4.69, 9.17) is 6.57 Å². The fraction of sp³-hybridized carbons (Fsp3) is 0.0303. The Balaban J connectivity index is 1.03. The second-order valence-corrected chi connectivity index (χ2v) is 17.8. The van der Waals surface area contributed by atoms with Crippen molar-refractivity contribution < 1.29 is 0 Å². The normalized spacial score (nSPS) is 16.1. The van der Waals surface area contributed by atoms with E-state index in [2.05, 4.69) is 239 Å². The van der Waals surface area contributed by atoms with Gasteiger partial charge < -0.3 is 9.80 Å². The summed E-state index contributed by atoms with van der Waals surface area (Å²) in [4.78, 5) is 8.69. The van der Waals surface area contributed by atoms with Gasteiger partial charge in [-0.3, -0.25) is 0 Å². The Kier molecular flexibility index (Phi) is 10.8. The first-order chi connectivity index (χ1) is 34.6. The number of hydrogen-bond acceptors (Lipinski definition) is 3. The molecule has 4 heteroatoms. The van der Waals surface area contributed by atoms with Crippen LogP contribution in [0.25, 0.3) is 49.4 Å². The van der Waals surface area contributed by atoms with Crippen LogP contribution < -0.4 is 9.80 Å². The van der Waals surface area contributed by atoms with Crippen LogP contribution in [0.3, 0.4) is 0 Å². The highest BCUT2D eigenvalue weighted by Crippen LogP contribution is 2.53. The topological polar surface area (TPSA) is 34.6 Å².